The molecule has 5 rings (SSSR count). The van der Waals surface area contributed by atoms with Gasteiger partial charge in [0.25, 0.3) is 5.91 Å². The summed E-state index contributed by atoms with van der Waals surface area (Å²) in [5, 5.41) is 9.03. The average molecular weight is 399 g/mol. The van der Waals surface area contributed by atoms with Gasteiger partial charge in [0.1, 0.15) is 5.69 Å². The first-order valence-corrected chi connectivity index (χ1v) is 9.13. The van der Waals surface area contributed by atoms with Crippen molar-refractivity contribution < 1.29 is 18.0 Å². The van der Waals surface area contributed by atoms with Crippen molar-refractivity contribution in [2.45, 2.75) is 25.1 Å². The van der Waals surface area contributed by atoms with Crippen LogP contribution in [0, 0.1) is 0 Å². The highest BCUT2D eigenvalue weighted by molar-refractivity contribution is 6.10. The number of hydrogen-bond donors (Lipinski definition) is 1. The number of aryl methyl sites for hydroxylation is 1. The number of alkyl halides is 3. The van der Waals surface area contributed by atoms with E-state index in [1.54, 1.807) is 34.5 Å². The van der Waals surface area contributed by atoms with Gasteiger partial charge in [-0.15, -0.1) is 0 Å². The van der Waals surface area contributed by atoms with Gasteiger partial charge in [0, 0.05) is 35.6 Å². The number of aromatic nitrogens is 4. The van der Waals surface area contributed by atoms with Crippen molar-refractivity contribution in [3.05, 3.63) is 54.0 Å². The smallest absolute Gasteiger partial charge is 0.349 e. The van der Waals surface area contributed by atoms with Gasteiger partial charge in [0.2, 0.25) is 0 Å². The minimum atomic E-state index is -4.50. The summed E-state index contributed by atoms with van der Waals surface area (Å²) in [6, 6.07) is 7.87. The van der Waals surface area contributed by atoms with Gasteiger partial charge in [-0.3, -0.25) is 14.0 Å². The van der Waals surface area contributed by atoms with Crippen LogP contribution in [-0.4, -0.2) is 31.3 Å². The van der Waals surface area contributed by atoms with E-state index in [1.165, 1.54) is 12.3 Å². The highest BCUT2D eigenvalue weighted by Crippen LogP contribution is 2.33. The molecular formula is C20H16F3N5O. The molecule has 1 fully saturated rings. The molecule has 1 saturated carbocycles. The Labute approximate surface area is 162 Å². The first-order valence-electron chi connectivity index (χ1n) is 9.13. The van der Waals surface area contributed by atoms with Crippen molar-refractivity contribution in [3.63, 3.8) is 0 Å². The van der Waals surface area contributed by atoms with E-state index in [-0.39, 0.29) is 11.9 Å². The average Bonchev–Trinajstić information content (AvgIpc) is 3.34. The first kappa shape index (κ1) is 17.7. The molecule has 3 aromatic heterocycles. The molecule has 1 N–H and O–H groups in total. The monoisotopic (exact) mass is 399 g/mol. The van der Waals surface area contributed by atoms with E-state index in [4.69, 9.17) is 0 Å². The van der Waals surface area contributed by atoms with Crippen molar-refractivity contribution in [2.24, 2.45) is 7.05 Å². The Morgan fingerprint density at radius 3 is 2.62 bits per heavy atom. The van der Waals surface area contributed by atoms with E-state index in [9.17, 15) is 18.0 Å². The maximum Gasteiger partial charge on any atom is 0.433 e. The van der Waals surface area contributed by atoms with Crippen LogP contribution in [0.15, 0.2) is 42.7 Å². The van der Waals surface area contributed by atoms with Gasteiger partial charge in [-0.05, 0) is 43.2 Å². The molecule has 29 heavy (non-hydrogen) atoms. The minimum absolute atomic E-state index is 0.129. The Balaban J connectivity index is 1.66. The van der Waals surface area contributed by atoms with Crippen LogP contribution in [-0.2, 0) is 13.2 Å². The van der Waals surface area contributed by atoms with Gasteiger partial charge in [0.05, 0.1) is 17.4 Å². The van der Waals surface area contributed by atoms with E-state index < -0.39 is 11.9 Å². The number of nitrogens with one attached hydrogen (secondary N) is 1. The molecule has 4 aromatic rings. The number of benzene rings is 1. The molecule has 0 radical (unpaired) electrons. The van der Waals surface area contributed by atoms with Crippen LogP contribution < -0.4 is 5.32 Å². The largest absolute Gasteiger partial charge is 0.433 e. The van der Waals surface area contributed by atoms with E-state index >= 15 is 0 Å². The molecule has 0 spiro atoms. The minimum Gasteiger partial charge on any atom is -0.349 e. The van der Waals surface area contributed by atoms with Crippen LogP contribution >= 0.6 is 0 Å². The van der Waals surface area contributed by atoms with E-state index in [2.05, 4.69) is 15.4 Å². The molecule has 0 bridgehead atoms. The number of hydrogen-bond acceptors (Lipinski definition) is 3. The highest BCUT2D eigenvalue weighted by atomic mass is 19.4. The van der Waals surface area contributed by atoms with Crippen LogP contribution in [0.1, 0.15) is 28.9 Å². The Morgan fingerprint density at radius 1 is 1.17 bits per heavy atom. The normalized spacial score (nSPS) is 14.6. The molecule has 6 nitrogen and oxygen atoms in total. The zero-order valence-electron chi connectivity index (χ0n) is 15.4. The van der Waals surface area contributed by atoms with Crippen LogP contribution in [0.2, 0.25) is 0 Å². The van der Waals surface area contributed by atoms with E-state index in [0.717, 1.165) is 35.2 Å². The van der Waals surface area contributed by atoms with Gasteiger partial charge in [-0.2, -0.15) is 18.3 Å². The molecule has 1 aliphatic rings. The maximum atomic E-state index is 12.9. The number of pyridine rings is 1. The number of amides is 1. The van der Waals surface area contributed by atoms with E-state index in [0.29, 0.717) is 16.9 Å². The molecule has 1 aliphatic carbocycles. The van der Waals surface area contributed by atoms with Gasteiger partial charge >= 0.3 is 6.18 Å². The summed E-state index contributed by atoms with van der Waals surface area (Å²) in [6.45, 7) is 0. The van der Waals surface area contributed by atoms with Crippen molar-refractivity contribution in [1.82, 2.24) is 24.6 Å². The third-order valence-electron chi connectivity index (χ3n) is 5.02. The molecule has 3 heterocycles. The lowest BCUT2D eigenvalue weighted by atomic mass is 10.1. The second-order valence-corrected chi connectivity index (χ2v) is 7.25. The summed E-state index contributed by atoms with van der Waals surface area (Å²) in [5.74, 6) is -0.129. The predicted molar refractivity (Wildman–Crippen MR) is 101 cm³/mol. The standard InChI is InChI=1S/C20H16F3N5O/c1-27-10-15-14-8-11(19(29)25-12-3-4-12)2-6-16(14)28(18(15)26-27)13-5-7-17(24-9-13)20(21,22)23/h2,5-10,12H,3-4H2,1H3,(H,25,29). The number of rotatable bonds is 3. The molecule has 1 aromatic carbocycles. The molecule has 0 atom stereocenters. The van der Waals surface area contributed by atoms with Crippen LogP contribution in [0.25, 0.3) is 27.6 Å². The van der Waals surface area contributed by atoms with Gasteiger partial charge in [-0.25, -0.2) is 4.98 Å². The fourth-order valence-corrected chi connectivity index (χ4v) is 3.48. The number of carbonyl (C=O) groups excluding carboxylic acids is 1. The number of carbonyl (C=O) groups is 1. The summed E-state index contributed by atoms with van der Waals surface area (Å²) in [5.41, 5.74) is 1.38. The maximum absolute atomic E-state index is 12.9. The summed E-state index contributed by atoms with van der Waals surface area (Å²) < 4.78 is 42.0. The van der Waals surface area contributed by atoms with Crippen molar-refractivity contribution in [3.8, 4) is 5.69 Å². The van der Waals surface area contributed by atoms with Gasteiger partial charge in [-0.1, -0.05) is 0 Å². The van der Waals surface area contributed by atoms with Crippen LogP contribution in [0.4, 0.5) is 13.2 Å². The van der Waals surface area contributed by atoms with Gasteiger partial charge < -0.3 is 5.32 Å². The molecule has 0 aliphatic heterocycles. The Hall–Kier alpha value is -3.36. The summed E-state index contributed by atoms with van der Waals surface area (Å²) in [7, 11) is 1.77. The highest BCUT2D eigenvalue weighted by Gasteiger charge is 2.32. The first-order chi connectivity index (χ1) is 13.8. The third kappa shape index (κ3) is 3.02. The van der Waals surface area contributed by atoms with Crippen molar-refractivity contribution >= 4 is 27.8 Å². The van der Waals surface area contributed by atoms with Crippen molar-refractivity contribution in [2.75, 3.05) is 0 Å². The second-order valence-electron chi connectivity index (χ2n) is 7.25. The lowest BCUT2D eigenvalue weighted by molar-refractivity contribution is -0.141. The fourth-order valence-electron chi connectivity index (χ4n) is 3.48. The lowest BCUT2D eigenvalue weighted by Crippen LogP contribution is -2.25. The van der Waals surface area contributed by atoms with Crippen molar-refractivity contribution in [1.29, 1.82) is 0 Å². The molecule has 148 valence electrons. The third-order valence-corrected chi connectivity index (χ3v) is 5.02. The second kappa shape index (κ2) is 6.07. The number of halogens is 3. The summed E-state index contributed by atoms with van der Waals surface area (Å²) in [4.78, 5) is 16.0. The Bertz CT molecular complexity index is 1250. The lowest BCUT2D eigenvalue weighted by Gasteiger charge is -2.09. The quantitative estimate of drug-likeness (QED) is 0.570. The Kier molecular flexibility index (Phi) is 3.71. The molecular weight excluding hydrogens is 383 g/mol. The molecule has 9 heteroatoms. The van der Waals surface area contributed by atoms with Crippen LogP contribution in [0.3, 0.4) is 0 Å². The summed E-state index contributed by atoms with van der Waals surface area (Å²) >= 11 is 0. The zero-order chi connectivity index (χ0) is 20.3. The molecule has 0 unspecified atom stereocenters. The number of nitrogens with zero attached hydrogens (tertiary/aromatic N) is 4. The molecule has 1 amide bonds. The SMILES string of the molecule is Cn1cc2c3cc(C(=O)NC4CC4)ccc3n(-c3ccc(C(F)(F)F)nc3)c2n1. The Morgan fingerprint density at radius 2 is 1.97 bits per heavy atom. The topological polar surface area (TPSA) is 64.7 Å². The van der Waals surface area contributed by atoms with Gasteiger partial charge in [0.15, 0.2) is 5.65 Å². The fraction of sp³-hybridized carbons (Fsp3) is 0.250. The van der Waals surface area contributed by atoms with Crippen LogP contribution in [0.5, 0.6) is 0 Å². The number of fused-ring (bicyclic) bond motifs is 3. The zero-order valence-corrected chi connectivity index (χ0v) is 15.4. The predicted octanol–water partition coefficient (Wildman–Crippen LogP) is 3.82. The van der Waals surface area contributed by atoms with E-state index in [1.807, 2.05) is 6.20 Å². The summed E-state index contributed by atoms with van der Waals surface area (Å²) in [6.07, 6.45) is 0.510. The molecule has 0 saturated heterocycles.